The Morgan fingerprint density at radius 2 is 2.05 bits per heavy atom. The van der Waals surface area contributed by atoms with Gasteiger partial charge in [-0.05, 0) is 19.8 Å². The van der Waals surface area contributed by atoms with Crippen LogP contribution in [0.25, 0.3) is 5.65 Å². The van der Waals surface area contributed by atoms with Crippen LogP contribution in [-0.2, 0) is 6.18 Å². The molecule has 21 heavy (non-hydrogen) atoms. The van der Waals surface area contributed by atoms with Gasteiger partial charge in [0.05, 0.1) is 18.4 Å². The molecule has 0 aliphatic heterocycles. The summed E-state index contributed by atoms with van der Waals surface area (Å²) in [5.74, 6) is 0.111. The molecule has 2 aromatic rings. The van der Waals surface area contributed by atoms with E-state index in [2.05, 4.69) is 4.98 Å². The van der Waals surface area contributed by atoms with E-state index in [-0.39, 0.29) is 17.3 Å². The lowest BCUT2D eigenvalue weighted by molar-refractivity contribution is -0.142. The molecule has 1 aliphatic rings. The summed E-state index contributed by atoms with van der Waals surface area (Å²) in [4.78, 5) is 4.25. The minimum Gasteiger partial charge on any atom is -0.497 e. The van der Waals surface area contributed by atoms with E-state index in [9.17, 15) is 18.3 Å². The zero-order chi connectivity index (χ0) is 15.4. The highest BCUT2D eigenvalue weighted by molar-refractivity contribution is 5.49. The number of rotatable bonds is 2. The second-order valence-corrected chi connectivity index (χ2v) is 5.77. The van der Waals surface area contributed by atoms with Gasteiger partial charge in [-0.3, -0.25) is 4.40 Å². The molecule has 2 heterocycles. The van der Waals surface area contributed by atoms with Crippen LogP contribution in [0.2, 0.25) is 0 Å². The molecular weight excluding hydrogens is 285 g/mol. The first kappa shape index (κ1) is 14.2. The van der Waals surface area contributed by atoms with Crippen LogP contribution in [0, 0.1) is 0 Å². The number of fused-ring (bicyclic) bond motifs is 1. The van der Waals surface area contributed by atoms with Gasteiger partial charge in [-0.15, -0.1) is 0 Å². The van der Waals surface area contributed by atoms with Crippen LogP contribution in [0.15, 0.2) is 18.3 Å². The first-order chi connectivity index (χ1) is 9.69. The molecule has 0 aromatic carbocycles. The topological polar surface area (TPSA) is 46.8 Å². The summed E-state index contributed by atoms with van der Waals surface area (Å²) in [6.07, 6.45) is -2.07. The lowest BCUT2D eigenvalue weighted by Gasteiger charge is -2.39. The second kappa shape index (κ2) is 4.37. The SMILES string of the molecule is COc1cc(C(F)(F)F)n2cc(C3CC(C)(O)C3)nc2c1. The Balaban J connectivity index is 2.08. The molecule has 0 saturated heterocycles. The Labute approximate surface area is 119 Å². The number of alkyl halides is 3. The van der Waals surface area contributed by atoms with Crippen LogP contribution < -0.4 is 4.74 Å². The van der Waals surface area contributed by atoms with Crippen molar-refractivity contribution in [3.8, 4) is 5.75 Å². The number of hydrogen-bond acceptors (Lipinski definition) is 3. The number of aliphatic hydroxyl groups is 1. The Bertz CT molecular complexity index is 683. The van der Waals surface area contributed by atoms with Gasteiger partial charge in [0.1, 0.15) is 17.1 Å². The third-order valence-corrected chi connectivity index (χ3v) is 3.88. The van der Waals surface area contributed by atoms with E-state index in [4.69, 9.17) is 4.74 Å². The molecule has 1 saturated carbocycles. The van der Waals surface area contributed by atoms with Crippen LogP contribution in [0.1, 0.15) is 37.1 Å². The van der Waals surface area contributed by atoms with E-state index in [0.29, 0.717) is 18.5 Å². The molecular formula is C14H15F3N2O2. The Morgan fingerprint density at radius 1 is 1.38 bits per heavy atom. The molecule has 1 N–H and O–H groups in total. The van der Waals surface area contributed by atoms with Crippen molar-refractivity contribution in [2.24, 2.45) is 0 Å². The van der Waals surface area contributed by atoms with E-state index in [1.165, 1.54) is 19.4 Å². The molecule has 0 amide bonds. The summed E-state index contributed by atoms with van der Waals surface area (Å²) in [5, 5.41) is 9.75. The smallest absolute Gasteiger partial charge is 0.431 e. The molecule has 2 aromatic heterocycles. The predicted molar refractivity (Wildman–Crippen MR) is 69.3 cm³/mol. The monoisotopic (exact) mass is 300 g/mol. The zero-order valence-electron chi connectivity index (χ0n) is 11.6. The fraction of sp³-hybridized carbons (Fsp3) is 0.500. The molecule has 4 nitrogen and oxygen atoms in total. The highest BCUT2D eigenvalue weighted by Crippen LogP contribution is 2.44. The molecule has 114 valence electrons. The van der Waals surface area contributed by atoms with Crippen molar-refractivity contribution in [1.82, 2.24) is 9.38 Å². The minimum atomic E-state index is -4.49. The molecule has 0 unspecified atom stereocenters. The van der Waals surface area contributed by atoms with Crippen molar-refractivity contribution in [2.45, 2.75) is 37.5 Å². The Morgan fingerprint density at radius 3 is 2.57 bits per heavy atom. The average molecular weight is 300 g/mol. The maximum absolute atomic E-state index is 13.1. The maximum atomic E-state index is 13.1. The van der Waals surface area contributed by atoms with E-state index in [1.807, 2.05) is 0 Å². The maximum Gasteiger partial charge on any atom is 0.431 e. The quantitative estimate of drug-likeness (QED) is 0.927. The standard InChI is InChI=1S/C14H15F3N2O2/c1-13(20)5-8(6-13)10-7-19-11(14(15,16)17)3-9(21-2)4-12(19)18-10/h3-4,7-8,20H,5-6H2,1-2H3. The molecule has 3 rings (SSSR count). The highest BCUT2D eigenvalue weighted by atomic mass is 19.4. The van der Waals surface area contributed by atoms with Crippen LogP contribution in [-0.4, -0.2) is 27.2 Å². The predicted octanol–water partition coefficient (Wildman–Crippen LogP) is 2.99. The lowest BCUT2D eigenvalue weighted by Crippen LogP contribution is -2.39. The van der Waals surface area contributed by atoms with E-state index in [0.717, 1.165) is 10.5 Å². The van der Waals surface area contributed by atoms with Crippen molar-refractivity contribution < 1.29 is 23.0 Å². The van der Waals surface area contributed by atoms with Crippen LogP contribution in [0.4, 0.5) is 13.2 Å². The highest BCUT2D eigenvalue weighted by Gasteiger charge is 2.41. The summed E-state index contributed by atoms with van der Waals surface area (Å²) >= 11 is 0. The number of pyridine rings is 1. The molecule has 7 heteroatoms. The first-order valence-corrected chi connectivity index (χ1v) is 6.56. The van der Waals surface area contributed by atoms with Gasteiger partial charge in [-0.1, -0.05) is 0 Å². The van der Waals surface area contributed by atoms with E-state index in [1.54, 1.807) is 6.92 Å². The Hall–Kier alpha value is -1.76. The van der Waals surface area contributed by atoms with Gasteiger partial charge in [-0.2, -0.15) is 13.2 Å². The first-order valence-electron chi connectivity index (χ1n) is 6.56. The number of aromatic nitrogens is 2. The minimum absolute atomic E-state index is 0.00743. The van der Waals surface area contributed by atoms with Gasteiger partial charge in [0.2, 0.25) is 0 Å². The molecule has 0 spiro atoms. The van der Waals surface area contributed by atoms with Gasteiger partial charge in [-0.25, -0.2) is 4.98 Å². The molecule has 0 atom stereocenters. The fourth-order valence-electron chi connectivity index (χ4n) is 2.83. The summed E-state index contributed by atoms with van der Waals surface area (Å²) in [6.45, 7) is 1.71. The number of methoxy groups -OCH3 is 1. The van der Waals surface area contributed by atoms with Crippen molar-refractivity contribution in [3.05, 3.63) is 29.7 Å². The largest absolute Gasteiger partial charge is 0.497 e. The molecule has 1 fully saturated rings. The number of nitrogens with zero attached hydrogens (tertiary/aromatic N) is 2. The third kappa shape index (κ3) is 2.46. The third-order valence-electron chi connectivity index (χ3n) is 3.88. The van der Waals surface area contributed by atoms with Crippen molar-refractivity contribution in [1.29, 1.82) is 0 Å². The summed E-state index contributed by atoms with van der Waals surface area (Å²) in [5.41, 5.74) is -0.796. The zero-order valence-corrected chi connectivity index (χ0v) is 11.6. The van der Waals surface area contributed by atoms with E-state index >= 15 is 0 Å². The average Bonchev–Trinajstić information content (AvgIpc) is 2.76. The van der Waals surface area contributed by atoms with Gasteiger partial charge >= 0.3 is 6.18 Å². The number of hydrogen-bond donors (Lipinski definition) is 1. The summed E-state index contributed by atoms with van der Waals surface area (Å²) < 4.78 is 45.3. The molecule has 0 radical (unpaired) electrons. The van der Waals surface area contributed by atoms with Crippen LogP contribution in [0.3, 0.4) is 0 Å². The van der Waals surface area contributed by atoms with Gasteiger partial charge in [0.15, 0.2) is 0 Å². The van der Waals surface area contributed by atoms with E-state index < -0.39 is 17.5 Å². The van der Waals surface area contributed by atoms with Crippen molar-refractivity contribution in [3.63, 3.8) is 0 Å². The lowest BCUT2D eigenvalue weighted by atomic mass is 9.71. The van der Waals surface area contributed by atoms with Gasteiger partial charge in [0, 0.05) is 24.2 Å². The molecule has 0 bridgehead atoms. The summed E-state index contributed by atoms with van der Waals surface area (Å²) in [6, 6.07) is 2.42. The number of ether oxygens (including phenoxy) is 1. The van der Waals surface area contributed by atoms with Crippen LogP contribution in [0.5, 0.6) is 5.75 Å². The van der Waals surface area contributed by atoms with Gasteiger partial charge < -0.3 is 9.84 Å². The fourth-order valence-corrected chi connectivity index (χ4v) is 2.83. The summed E-state index contributed by atoms with van der Waals surface area (Å²) in [7, 11) is 1.32. The van der Waals surface area contributed by atoms with Crippen molar-refractivity contribution in [2.75, 3.05) is 7.11 Å². The number of imidazole rings is 1. The van der Waals surface area contributed by atoms with Gasteiger partial charge in [0.25, 0.3) is 0 Å². The second-order valence-electron chi connectivity index (χ2n) is 5.77. The molecule has 1 aliphatic carbocycles. The number of halogens is 3. The Kier molecular flexibility index (Phi) is 2.95. The normalized spacial score (nSPS) is 25.9. The van der Waals surface area contributed by atoms with Crippen LogP contribution >= 0.6 is 0 Å². The van der Waals surface area contributed by atoms with Crippen molar-refractivity contribution >= 4 is 5.65 Å².